The van der Waals surface area contributed by atoms with Gasteiger partial charge in [0.1, 0.15) is 11.3 Å². The number of aromatic nitrogens is 3. The third-order valence-corrected chi connectivity index (χ3v) is 7.28. The molecular weight excluding hydrogens is 418 g/mol. The van der Waals surface area contributed by atoms with Crippen LogP contribution in [0.4, 0.5) is 0 Å². The minimum absolute atomic E-state index is 0.758. The van der Waals surface area contributed by atoms with Gasteiger partial charge in [0.15, 0.2) is 5.65 Å². The van der Waals surface area contributed by atoms with Crippen LogP contribution in [0.25, 0.3) is 17.2 Å². The van der Waals surface area contributed by atoms with Crippen LogP contribution in [-0.2, 0) is 13.0 Å². The van der Waals surface area contributed by atoms with Gasteiger partial charge in [-0.05, 0) is 49.4 Å². The zero-order valence-corrected chi connectivity index (χ0v) is 21.7. The monoisotopic (exact) mass is 459 g/mol. The van der Waals surface area contributed by atoms with E-state index in [2.05, 4.69) is 91.5 Å². The van der Waals surface area contributed by atoms with Crippen molar-refractivity contribution in [2.45, 2.75) is 66.5 Å². The second kappa shape index (κ2) is 11.3. The smallest absolute Gasteiger partial charge is 0.160 e. The van der Waals surface area contributed by atoms with Crippen molar-refractivity contribution in [2.75, 3.05) is 32.7 Å². The van der Waals surface area contributed by atoms with E-state index in [1.165, 1.54) is 55.7 Å². The SMILES string of the molecule is CCc1nc2c(C)cc(C)nc2n1Cc1ccc(/C=C/CN2CCN(C(CC)CC)CC2)cc1. The Bertz CT molecular complexity index is 1100. The number of hydrogen-bond acceptors (Lipinski definition) is 4. The molecule has 34 heavy (non-hydrogen) atoms. The number of aryl methyl sites for hydroxylation is 3. The molecule has 3 heterocycles. The summed E-state index contributed by atoms with van der Waals surface area (Å²) in [6.07, 6.45) is 8.00. The molecule has 4 rings (SSSR count). The van der Waals surface area contributed by atoms with Gasteiger partial charge in [0.25, 0.3) is 0 Å². The highest BCUT2D eigenvalue weighted by Crippen LogP contribution is 2.21. The van der Waals surface area contributed by atoms with E-state index in [1.807, 2.05) is 0 Å². The standard InChI is InChI=1S/C29H41N5/c1-6-26(7-2)33-18-16-32(17-19-33)15-9-10-24-11-13-25(14-12-24)21-34-27(8-3)31-28-22(4)20-23(5)30-29(28)34/h9-14,20,26H,6-8,15-19,21H2,1-5H3/b10-9+. The van der Waals surface area contributed by atoms with Gasteiger partial charge in [0.2, 0.25) is 0 Å². The number of imidazole rings is 1. The van der Waals surface area contributed by atoms with Gasteiger partial charge < -0.3 is 4.57 Å². The van der Waals surface area contributed by atoms with E-state index in [9.17, 15) is 0 Å². The normalized spacial score (nSPS) is 15.8. The Balaban J connectivity index is 1.36. The Hall–Kier alpha value is -2.50. The van der Waals surface area contributed by atoms with Gasteiger partial charge in [-0.15, -0.1) is 0 Å². The largest absolute Gasteiger partial charge is 0.308 e. The first-order valence-corrected chi connectivity index (χ1v) is 13.1. The lowest BCUT2D eigenvalue weighted by Gasteiger charge is -2.38. The highest BCUT2D eigenvalue weighted by atomic mass is 15.3. The fourth-order valence-corrected chi connectivity index (χ4v) is 5.26. The van der Waals surface area contributed by atoms with Crippen molar-refractivity contribution >= 4 is 17.2 Å². The van der Waals surface area contributed by atoms with Crippen LogP contribution >= 0.6 is 0 Å². The number of nitrogens with zero attached hydrogens (tertiary/aromatic N) is 5. The zero-order chi connectivity index (χ0) is 24.1. The molecule has 1 aliphatic rings. The molecule has 5 heteroatoms. The summed E-state index contributed by atoms with van der Waals surface area (Å²) in [5, 5.41) is 0. The van der Waals surface area contributed by atoms with Crippen LogP contribution in [0.2, 0.25) is 0 Å². The molecule has 182 valence electrons. The minimum atomic E-state index is 0.758. The maximum absolute atomic E-state index is 4.88. The number of rotatable bonds is 9. The third-order valence-electron chi connectivity index (χ3n) is 7.28. The first-order chi connectivity index (χ1) is 16.5. The molecule has 1 saturated heterocycles. The van der Waals surface area contributed by atoms with Crippen LogP contribution in [0.5, 0.6) is 0 Å². The summed E-state index contributed by atoms with van der Waals surface area (Å²) in [6, 6.07) is 11.8. The van der Waals surface area contributed by atoms with Crippen LogP contribution in [0, 0.1) is 13.8 Å². The molecule has 0 amide bonds. The van der Waals surface area contributed by atoms with Gasteiger partial charge in [0.05, 0.1) is 6.54 Å². The topological polar surface area (TPSA) is 37.2 Å². The molecule has 0 saturated carbocycles. The third kappa shape index (κ3) is 5.59. The Kier molecular flexibility index (Phi) is 8.17. The van der Waals surface area contributed by atoms with E-state index in [0.29, 0.717) is 0 Å². The van der Waals surface area contributed by atoms with Crippen LogP contribution in [-0.4, -0.2) is 63.1 Å². The number of piperazine rings is 1. The lowest BCUT2D eigenvalue weighted by atomic mass is 10.1. The molecule has 5 nitrogen and oxygen atoms in total. The van der Waals surface area contributed by atoms with Crippen molar-refractivity contribution < 1.29 is 0 Å². The van der Waals surface area contributed by atoms with E-state index >= 15 is 0 Å². The van der Waals surface area contributed by atoms with Crippen molar-refractivity contribution in [3.05, 3.63) is 64.6 Å². The highest BCUT2D eigenvalue weighted by molar-refractivity contribution is 5.76. The average molecular weight is 460 g/mol. The summed E-state index contributed by atoms with van der Waals surface area (Å²) in [7, 11) is 0. The maximum atomic E-state index is 4.88. The molecule has 0 unspecified atom stereocenters. The summed E-state index contributed by atoms with van der Waals surface area (Å²) in [6.45, 7) is 17.6. The van der Waals surface area contributed by atoms with Gasteiger partial charge in [0, 0.05) is 50.9 Å². The second-order valence-corrected chi connectivity index (χ2v) is 9.67. The lowest BCUT2D eigenvalue weighted by molar-refractivity contribution is 0.0989. The Morgan fingerprint density at radius 2 is 1.65 bits per heavy atom. The summed E-state index contributed by atoms with van der Waals surface area (Å²) in [5.74, 6) is 1.10. The Morgan fingerprint density at radius 1 is 0.941 bits per heavy atom. The molecule has 1 aliphatic heterocycles. The van der Waals surface area contributed by atoms with Crippen molar-refractivity contribution in [3.8, 4) is 0 Å². The molecule has 0 N–H and O–H groups in total. The van der Waals surface area contributed by atoms with E-state index < -0.39 is 0 Å². The first kappa shape index (κ1) is 24.6. The number of fused-ring (bicyclic) bond motifs is 1. The highest BCUT2D eigenvalue weighted by Gasteiger charge is 2.20. The molecule has 2 aromatic heterocycles. The molecule has 0 aliphatic carbocycles. The first-order valence-electron chi connectivity index (χ1n) is 13.1. The van der Waals surface area contributed by atoms with Gasteiger partial charge in [-0.3, -0.25) is 9.80 Å². The summed E-state index contributed by atoms with van der Waals surface area (Å²) < 4.78 is 2.28. The molecule has 0 bridgehead atoms. The molecule has 0 atom stereocenters. The predicted molar refractivity (Wildman–Crippen MR) is 143 cm³/mol. The van der Waals surface area contributed by atoms with Gasteiger partial charge in [-0.25, -0.2) is 9.97 Å². The van der Waals surface area contributed by atoms with Crippen molar-refractivity contribution in [3.63, 3.8) is 0 Å². The zero-order valence-electron chi connectivity index (χ0n) is 21.7. The Morgan fingerprint density at radius 3 is 2.29 bits per heavy atom. The number of pyridine rings is 1. The molecule has 1 aromatic carbocycles. The minimum Gasteiger partial charge on any atom is -0.308 e. The van der Waals surface area contributed by atoms with Crippen LogP contribution < -0.4 is 0 Å². The summed E-state index contributed by atoms with van der Waals surface area (Å²) in [4.78, 5) is 14.9. The Labute approximate surface area is 205 Å². The number of hydrogen-bond donors (Lipinski definition) is 0. The maximum Gasteiger partial charge on any atom is 0.160 e. The van der Waals surface area contributed by atoms with E-state index in [0.717, 1.165) is 48.2 Å². The molecule has 1 fully saturated rings. The fourth-order valence-electron chi connectivity index (χ4n) is 5.26. The van der Waals surface area contributed by atoms with Crippen LogP contribution in [0.1, 0.15) is 61.8 Å². The van der Waals surface area contributed by atoms with Crippen LogP contribution in [0.3, 0.4) is 0 Å². The van der Waals surface area contributed by atoms with Gasteiger partial charge >= 0.3 is 0 Å². The number of benzene rings is 1. The summed E-state index contributed by atoms with van der Waals surface area (Å²) >= 11 is 0. The predicted octanol–water partition coefficient (Wildman–Crippen LogP) is 5.48. The van der Waals surface area contributed by atoms with Crippen molar-refractivity contribution in [2.24, 2.45) is 0 Å². The molecule has 0 radical (unpaired) electrons. The quantitative estimate of drug-likeness (QED) is 0.425. The fraction of sp³-hybridized carbons (Fsp3) is 0.517. The van der Waals surface area contributed by atoms with Crippen LogP contribution in [0.15, 0.2) is 36.4 Å². The van der Waals surface area contributed by atoms with E-state index in [-0.39, 0.29) is 0 Å². The molecular formula is C29H41N5. The lowest BCUT2D eigenvalue weighted by Crippen LogP contribution is -2.49. The molecule has 0 spiro atoms. The molecule has 3 aromatic rings. The average Bonchev–Trinajstić information content (AvgIpc) is 3.19. The van der Waals surface area contributed by atoms with E-state index in [4.69, 9.17) is 9.97 Å². The van der Waals surface area contributed by atoms with Crippen molar-refractivity contribution in [1.29, 1.82) is 0 Å². The van der Waals surface area contributed by atoms with Gasteiger partial charge in [-0.1, -0.05) is 57.2 Å². The van der Waals surface area contributed by atoms with Crippen molar-refractivity contribution in [1.82, 2.24) is 24.3 Å². The van der Waals surface area contributed by atoms with Gasteiger partial charge in [-0.2, -0.15) is 0 Å². The second-order valence-electron chi connectivity index (χ2n) is 9.67. The van der Waals surface area contributed by atoms with E-state index in [1.54, 1.807) is 0 Å². The summed E-state index contributed by atoms with van der Waals surface area (Å²) in [5.41, 5.74) is 6.82.